The summed E-state index contributed by atoms with van der Waals surface area (Å²) in [6.45, 7) is 2.22. The maximum Gasteiger partial charge on any atom is 0.414 e. The Morgan fingerprint density at radius 3 is 2.80 bits per heavy atom. The minimum atomic E-state index is -0.837. The average Bonchev–Trinajstić information content (AvgIpc) is 3.04. The monoisotopic (exact) mass is 362 g/mol. The number of amides is 3. The molecule has 25 heavy (non-hydrogen) atoms. The average molecular weight is 362 g/mol. The molecule has 0 unspecified atom stereocenters. The lowest BCUT2D eigenvalue weighted by Gasteiger charge is -2.08. The number of ether oxygens (including phenoxy) is 1. The van der Waals surface area contributed by atoms with Gasteiger partial charge >= 0.3 is 6.09 Å². The Labute approximate surface area is 148 Å². The standard InChI is InChI=1S/C16H18N4O4S/c1-2-24-16(23)20-14(22)12-5-8-25-15(12)19-13(21)10-4-7-18-11(9-10)3-6-17/h4-5,7-9H,2-3,6,17H2,1H3,(H,19,21)(H,20,22,23). The molecule has 2 aromatic rings. The van der Waals surface area contributed by atoms with Gasteiger partial charge in [-0.2, -0.15) is 0 Å². The van der Waals surface area contributed by atoms with Crippen molar-refractivity contribution in [2.45, 2.75) is 13.3 Å². The first-order chi connectivity index (χ1) is 12.0. The van der Waals surface area contributed by atoms with E-state index in [0.29, 0.717) is 29.2 Å². The Kier molecular flexibility index (Phi) is 6.61. The number of nitrogens with zero attached hydrogens (tertiary/aromatic N) is 1. The van der Waals surface area contributed by atoms with Gasteiger partial charge in [0.05, 0.1) is 12.2 Å². The number of rotatable bonds is 6. The topological polar surface area (TPSA) is 123 Å². The van der Waals surface area contributed by atoms with E-state index in [1.165, 1.54) is 23.6 Å². The second-order valence-electron chi connectivity index (χ2n) is 4.87. The first-order valence-corrected chi connectivity index (χ1v) is 8.45. The molecule has 0 aromatic carbocycles. The van der Waals surface area contributed by atoms with Gasteiger partial charge < -0.3 is 15.8 Å². The van der Waals surface area contributed by atoms with Crippen molar-refractivity contribution < 1.29 is 19.1 Å². The molecule has 0 bridgehead atoms. The van der Waals surface area contributed by atoms with E-state index in [1.807, 2.05) is 0 Å². The highest BCUT2D eigenvalue weighted by molar-refractivity contribution is 7.14. The molecule has 0 atom stereocenters. The normalized spacial score (nSPS) is 10.2. The third kappa shape index (κ3) is 5.10. The molecule has 0 saturated heterocycles. The highest BCUT2D eigenvalue weighted by Crippen LogP contribution is 2.24. The number of aromatic nitrogens is 1. The van der Waals surface area contributed by atoms with Crippen molar-refractivity contribution in [2.24, 2.45) is 5.73 Å². The van der Waals surface area contributed by atoms with E-state index in [2.05, 4.69) is 20.4 Å². The molecule has 2 aromatic heterocycles. The first-order valence-electron chi connectivity index (χ1n) is 7.57. The SMILES string of the molecule is CCOC(=O)NC(=O)c1ccsc1NC(=O)c1ccnc(CCN)c1. The molecule has 8 nitrogen and oxygen atoms in total. The number of nitrogens with one attached hydrogen (secondary N) is 2. The molecular formula is C16H18N4O4S. The molecule has 132 valence electrons. The van der Waals surface area contributed by atoms with Crippen molar-refractivity contribution in [2.75, 3.05) is 18.5 Å². The molecule has 2 rings (SSSR count). The minimum absolute atomic E-state index is 0.152. The fourth-order valence-electron chi connectivity index (χ4n) is 1.99. The second-order valence-corrected chi connectivity index (χ2v) is 5.78. The summed E-state index contributed by atoms with van der Waals surface area (Å²) in [5.41, 5.74) is 6.79. The van der Waals surface area contributed by atoms with Crippen LogP contribution in [0.3, 0.4) is 0 Å². The quantitative estimate of drug-likeness (QED) is 0.720. The lowest BCUT2D eigenvalue weighted by atomic mass is 10.2. The van der Waals surface area contributed by atoms with Crippen LogP contribution in [0.4, 0.5) is 9.80 Å². The van der Waals surface area contributed by atoms with Crippen LogP contribution >= 0.6 is 11.3 Å². The largest absolute Gasteiger partial charge is 0.450 e. The van der Waals surface area contributed by atoms with Crippen molar-refractivity contribution in [3.05, 3.63) is 46.6 Å². The molecule has 0 aliphatic heterocycles. The molecule has 2 heterocycles. The van der Waals surface area contributed by atoms with Crippen molar-refractivity contribution in [3.8, 4) is 0 Å². The molecular weight excluding hydrogens is 344 g/mol. The number of anilines is 1. The highest BCUT2D eigenvalue weighted by atomic mass is 32.1. The number of carbonyl (C=O) groups is 3. The van der Waals surface area contributed by atoms with E-state index in [1.54, 1.807) is 24.4 Å². The van der Waals surface area contributed by atoms with Crippen molar-refractivity contribution in [1.29, 1.82) is 0 Å². The molecule has 0 aliphatic carbocycles. The predicted octanol–water partition coefficient (Wildman–Crippen LogP) is 1.78. The summed E-state index contributed by atoms with van der Waals surface area (Å²) in [6.07, 6.45) is 1.26. The summed E-state index contributed by atoms with van der Waals surface area (Å²) >= 11 is 1.18. The summed E-state index contributed by atoms with van der Waals surface area (Å²) in [7, 11) is 0. The lowest BCUT2D eigenvalue weighted by Crippen LogP contribution is -2.31. The van der Waals surface area contributed by atoms with Crippen LogP contribution in [0.2, 0.25) is 0 Å². The van der Waals surface area contributed by atoms with Crippen LogP contribution in [0.1, 0.15) is 33.3 Å². The number of thiophene rings is 1. The van der Waals surface area contributed by atoms with Gasteiger partial charge in [-0.3, -0.25) is 19.9 Å². The van der Waals surface area contributed by atoms with Gasteiger partial charge in [0.15, 0.2) is 0 Å². The third-order valence-electron chi connectivity index (χ3n) is 3.11. The number of imide groups is 1. The molecule has 0 aliphatic rings. The number of pyridine rings is 1. The zero-order valence-corrected chi connectivity index (χ0v) is 14.4. The van der Waals surface area contributed by atoms with E-state index in [9.17, 15) is 14.4 Å². The van der Waals surface area contributed by atoms with E-state index in [4.69, 9.17) is 5.73 Å². The van der Waals surface area contributed by atoms with E-state index >= 15 is 0 Å². The predicted molar refractivity (Wildman–Crippen MR) is 93.8 cm³/mol. The molecule has 0 spiro atoms. The highest BCUT2D eigenvalue weighted by Gasteiger charge is 2.18. The Hall–Kier alpha value is -2.78. The van der Waals surface area contributed by atoms with Gasteiger partial charge in [0.25, 0.3) is 11.8 Å². The van der Waals surface area contributed by atoms with Crippen LogP contribution in [0.25, 0.3) is 0 Å². The Morgan fingerprint density at radius 1 is 1.28 bits per heavy atom. The van der Waals surface area contributed by atoms with Gasteiger partial charge in [0.2, 0.25) is 0 Å². The summed E-state index contributed by atoms with van der Waals surface area (Å²) in [5.74, 6) is -1.03. The summed E-state index contributed by atoms with van der Waals surface area (Å²) in [5, 5.41) is 6.74. The Bertz CT molecular complexity index is 775. The van der Waals surface area contributed by atoms with Crippen molar-refractivity contribution in [1.82, 2.24) is 10.3 Å². The number of hydrogen-bond acceptors (Lipinski definition) is 7. The molecule has 3 amide bonds. The van der Waals surface area contributed by atoms with Gasteiger partial charge in [-0.05, 0) is 37.0 Å². The molecule has 9 heteroatoms. The molecule has 0 radical (unpaired) electrons. The number of nitrogens with two attached hydrogens (primary N) is 1. The smallest absolute Gasteiger partial charge is 0.414 e. The van der Waals surface area contributed by atoms with Crippen LogP contribution in [-0.2, 0) is 11.2 Å². The van der Waals surface area contributed by atoms with Gasteiger partial charge in [0.1, 0.15) is 5.00 Å². The number of carbonyl (C=O) groups excluding carboxylic acids is 3. The fourth-order valence-corrected chi connectivity index (χ4v) is 2.77. The maximum absolute atomic E-state index is 12.4. The Balaban J connectivity index is 2.09. The lowest BCUT2D eigenvalue weighted by molar-refractivity contribution is 0.0926. The third-order valence-corrected chi connectivity index (χ3v) is 3.94. The second kappa shape index (κ2) is 8.90. The van der Waals surface area contributed by atoms with E-state index < -0.39 is 12.0 Å². The van der Waals surface area contributed by atoms with Crippen LogP contribution in [0.5, 0.6) is 0 Å². The van der Waals surface area contributed by atoms with Crippen molar-refractivity contribution >= 4 is 34.2 Å². The van der Waals surface area contributed by atoms with Gasteiger partial charge in [-0.1, -0.05) is 0 Å². The zero-order chi connectivity index (χ0) is 18.2. The summed E-state index contributed by atoms with van der Waals surface area (Å²) in [6, 6.07) is 4.73. The number of alkyl carbamates (subject to hydrolysis) is 1. The fraction of sp³-hybridized carbons (Fsp3) is 0.250. The van der Waals surface area contributed by atoms with Crippen molar-refractivity contribution in [3.63, 3.8) is 0 Å². The van der Waals surface area contributed by atoms with E-state index in [0.717, 1.165) is 0 Å². The summed E-state index contributed by atoms with van der Waals surface area (Å²) in [4.78, 5) is 39.9. The van der Waals surface area contributed by atoms with Crippen LogP contribution in [-0.4, -0.2) is 36.0 Å². The summed E-state index contributed by atoms with van der Waals surface area (Å²) < 4.78 is 4.67. The van der Waals surface area contributed by atoms with Gasteiger partial charge in [0, 0.05) is 23.9 Å². The minimum Gasteiger partial charge on any atom is -0.450 e. The van der Waals surface area contributed by atoms with Gasteiger partial charge in [-0.15, -0.1) is 11.3 Å². The Morgan fingerprint density at radius 2 is 2.08 bits per heavy atom. The molecule has 4 N–H and O–H groups in total. The molecule has 0 saturated carbocycles. The van der Waals surface area contributed by atoms with E-state index in [-0.39, 0.29) is 18.1 Å². The number of hydrogen-bond donors (Lipinski definition) is 3. The van der Waals surface area contributed by atoms with Crippen LogP contribution < -0.4 is 16.4 Å². The zero-order valence-electron chi connectivity index (χ0n) is 13.6. The van der Waals surface area contributed by atoms with Crippen LogP contribution in [0, 0.1) is 0 Å². The van der Waals surface area contributed by atoms with Gasteiger partial charge in [-0.25, -0.2) is 4.79 Å². The van der Waals surface area contributed by atoms with Crippen LogP contribution in [0.15, 0.2) is 29.8 Å². The maximum atomic E-state index is 12.4. The molecule has 0 fully saturated rings. The first kappa shape index (κ1) is 18.6.